The Morgan fingerprint density at radius 1 is 1.03 bits per heavy atom. The van der Waals surface area contributed by atoms with E-state index in [0.29, 0.717) is 59.7 Å². The third-order valence-corrected chi connectivity index (χ3v) is 6.63. The van der Waals surface area contributed by atoms with Crippen LogP contribution in [0.4, 0.5) is 16.0 Å². The topological polar surface area (TPSA) is 125 Å². The standard InChI is InChI=1S/C24H26FN9O3/c1-35-19-12-16(25)17(13-20(19)36-2)32-8-5-31(6-9-32)7-10-33-22-15(14-27-33)23-28-21(18-4-3-11-37-18)30-34(23)24(26)29-22/h3-4,11-14H,5-10H2,1-2H3,(H2,26,29). The molecule has 1 fully saturated rings. The fraction of sp³-hybridized carbons (Fsp3) is 0.333. The number of nitrogens with two attached hydrogens (primary N) is 1. The van der Waals surface area contributed by atoms with Crippen molar-refractivity contribution < 1.29 is 18.3 Å². The SMILES string of the molecule is COc1cc(F)c(N2CCN(CCn3ncc4c3nc(N)n3nc(-c5ccco5)nc43)CC2)cc1OC. The minimum atomic E-state index is -0.326. The average molecular weight is 508 g/mol. The first-order valence-electron chi connectivity index (χ1n) is 11.9. The second kappa shape index (κ2) is 9.24. The minimum Gasteiger partial charge on any atom is -0.493 e. The van der Waals surface area contributed by atoms with E-state index in [-0.39, 0.29) is 11.8 Å². The predicted octanol–water partition coefficient (Wildman–Crippen LogP) is 2.29. The molecule has 0 spiro atoms. The zero-order valence-electron chi connectivity index (χ0n) is 20.5. The molecule has 6 rings (SSSR count). The number of fused-ring (bicyclic) bond motifs is 3. The van der Waals surface area contributed by atoms with Crippen LogP contribution in [0.25, 0.3) is 28.3 Å². The summed E-state index contributed by atoms with van der Waals surface area (Å²) in [5, 5.41) is 9.72. The number of aromatic nitrogens is 6. The lowest BCUT2D eigenvalue weighted by Gasteiger charge is -2.36. The summed E-state index contributed by atoms with van der Waals surface area (Å²) in [7, 11) is 3.04. The van der Waals surface area contributed by atoms with Crippen molar-refractivity contribution in [2.75, 3.05) is 57.6 Å². The van der Waals surface area contributed by atoms with E-state index in [4.69, 9.17) is 19.6 Å². The van der Waals surface area contributed by atoms with E-state index in [9.17, 15) is 4.39 Å². The summed E-state index contributed by atoms with van der Waals surface area (Å²) in [4.78, 5) is 13.5. The van der Waals surface area contributed by atoms with Gasteiger partial charge in [-0.1, -0.05) is 0 Å². The summed E-state index contributed by atoms with van der Waals surface area (Å²) in [5.41, 5.74) is 7.93. The maximum Gasteiger partial charge on any atom is 0.225 e. The number of anilines is 2. The number of halogens is 1. The highest BCUT2D eigenvalue weighted by Crippen LogP contribution is 2.34. The molecule has 0 atom stereocenters. The number of hydrogen-bond donors (Lipinski definition) is 1. The Hall–Kier alpha value is -4.39. The molecule has 0 aliphatic carbocycles. The maximum atomic E-state index is 14.7. The van der Waals surface area contributed by atoms with Gasteiger partial charge in [0.25, 0.3) is 0 Å². The lowest BCUT2D eigenvalue weighted by atomic mass is 10.2. The first-order chi connectivity index (χ1) is 18.1. The van der Waals surface area contributed by atoms with Crippen LogP contribution in [0.15, 0.2) is 41.1 Å². The van der Waals surface area contributed by atoms with Crippen LogP contribution in [-0.4, -0.2) is 81.2 Å². The molecule has 5 aromatic rings. The Morgan fingerprint density at radius 2 is 1.81 bits per heavy atom. The summed E-state index contributed by atoms with van der Waals surface area (Å²) in [5.74, 6) is 1.77. The third kappa shape index (κ3) is 4.06. The number of furan rings is 1. The summed E-state index contributed by atoms with van der Waals surface area (Å²) >= 11 is 0. The second-order valence-corrected chi connectivity index (χ2v) is 8.71. The lowest BCUT2D eigenvalue weighted by molar-refractivity contribution is 0.245. The monoisotopic (exact) mass is 507 g/mol. The van der Waals surface area contributed by atoms with E-state index in [1.807, 2.05) is 9.58 Å². The smallest absolute Gasteiger partial charge is 0.225 e. The van der Waals surface area contributed by atoms with Crippen molar-refractivity contribution in [1.82, 2.24) is 34.3 Å². The number of hydrogen-bond acceptors (Lipinski definition) is 10. The van der Waals surface area contributed by atoms with Crippen molar-refractivity contribution in [3.63, 3.8) is 0 Å². The van der Waals surface area contributed by atoms with Gasteiger partial charge in [0.15, 0.2) is 28.6 Å². The molecule has 0 radical (unpaired) electrons. The van der Waals surface area contributed by atoms with E-state index in [1.165, 1.54) is 17.7 Å². The molecule has 4 aromatic heterocycles. The van der Waals surface area contributed by atoms with Crippen LogP contribution in [0.5, 0.6) is 11.5 Å². The van der Waals surface area contributed by atoms with E-state index >= 15 is 0 Å². The lowest BCUT2D eigenvalue weighted by Crippen LogP contribution is -2.47. The molecule has 0 unspecified atom stereocenters. The highest BCUT2D eigenvalue weighted by Gasteiger charge is 2.23. The predicted molar refractivity (Wildman–Crippen MR) is 134 cm³/mol. The fourth-order valence-corrected chi connectivity index (χ4v) is 4.66. The van der Waals surface area contributed by atoms with E-state index < -0.39 is 0 Å². The van der Waals surface area contributed by atoms with Gasteiger partial charge in [-0.25, -0.2) is 14.1 Å². The van der Waals surface area contributed by atoms with Crippen LogP contribution in [0.2, 0.25) is 0 Å². The second-order valence-electron chi connectivity index (χ2n) is 8.71. The molecule has 1 aromatic carbocycles. The van der Waals surface area contributed by atoms with Crippen molar-refractivity contribution in [2.45, 2.75) is 6.54 Å². The molecular formula is C24H26FN9O3. The van der Waals surface area contributed by atoms with Gasteiger partial charge >= 0.3 is 0 Å². The van der Waals surface area contributed by atoms with Gasteiger partial charge in [-0.05, 0) is 12.1 Å². The van der Waals surface area contributed by atoms with E-state index in [1.54, 1.807) is 37.8 Å². The first kappa shape index (κ1) is 23.0. The van der Waals surface area contributed by atoms with Crippen molar-refractivity contribution >= 4 is 28.3 Å². The highest BCUT2D eigenvalue weighted by atomic mass is 19.1. The fourth-order valence-electron chi connectivity index (χ4n) is 4.66. The zero-order chi connectivity index (χ0) is 25.5. The van der Waals surface area contributed by atoms with Gasteiger partial charge < -0.3 is 24.5 Å². The van der Waals surface area contributed by atoms with Crippen LogP contribution in [0, 0.1) is 5.82 Å². The number of rotatable bonds is 7. The molecule has 1 aliphatic rings. The molecule has 37 heavy (non-hydrogen) atoms. The molecule has 0 bridgehead atoms. The molecule has 13 heteroatoms. The van der Waals surface area contributed by atoms with Crippen molar-refractivity contribution in [1.29, 1.82) is 0 Å². The summed E-state index contributed by atoms with van der Waals surface area (Å²) in [6, 6.07) is 6.63. The summed E-state index contributed by atoms with van der Waals surface area (Å²) in [6.07, 6.45) is 3.30. The van der Waals surface area contributed by atoms with Crippen molar-refractivity contribution in [2.24, 2.45) is 0 Å². The van der Waals surface area contributed by atoms with Gasteiger partial charge in [-0.15, -0.1) is 5.10 Å². The first-order valence-corrected chi connectivity index (χ1v) is 11.9. The molecule has 1 aliphatic heterocycles. The molecule has 12 nitrogen and oxygen atoms in total. The number of methoxy groups -OCH3 is 2. The van der Waals surface area contributed by atoms with Crippen molar-refractivity contribution in [3.05, 3.63) is 42.5 Å². The average Bonchev–Trinajstić information content (AvgIpc) is 3.67. The van der Waals surface area contributed by atoms with E-state index in [2.05, 4.69) is 25.1 Å². The normalized spacial score (nSPS) is 14.6. The number of nitrogen functional groups attached to an aromatic ring is 1. The van der Waals surface area contributed by atoms with Crippen LogP contribution in [-0.2, 0) is 6.54 Å². The number of ether oxygens (including phenoxy) is 2. The van der Waals surface area contributed by atoms with Crippen molar-refractivity contribution in [3.8, 4) is 23.1 Å². The largest absolute Gasteiger partial charge is 0.493 e. The summed E-state index contributed by atoms with van der Waals surface area (Å²) in [6.45, 7) is 4.32. The van der Waals surface area contributed by atoms with E-state index in [0.717, 1.165) is 25.0 Å². The Kier molecular flexibility index (Phi) is 5.75. The molecule has 0 amide bonds. The van der Waals surface area contributed by atoms with Gasteiger partial charge in [0.2, 0.25) is 11.8 Å². The van der Waals surface area contributed by atoms with Gasteiger partial charge in [-0.2, -0.15) is 14.6 Å². The molecular weight excluding hydrogens is 481 g/mol. The molecule has 0 saturated carbocycles. The quantitative estimate of drug-likeness (QED) is 0.351. The molecule has 1 saturated heterocycles. The summed E-state index contributed by atoms with van der Waals surface area (Å²) < 4.78 is 34.0. The van der Waals surface area contributed by atoms with Crippen LogP contribution >= 0.6 is 0 Å². The Balaban J connectivity index is 1.15. The Morgan fingerprint density at radius 3 is 2.54 bits per heavy atom. The van der Waals surface area contributed by atoms with Gasteiger partial charge in [-0.3, -0.25) is 4.90 Å². The molecule has 2 N–H and O–H groups in total. The van der Waals surface area contributed by atoms with Gasteiger partial charge in [0.1, 0.15) is 5.82 Å². The minimum absolute atomic E-state index is 0.222. The Labute approximate surface area is 211 Å². The number of nitrogens with zero attached hydrogens (tertiary/aromatic N) is 8. The van der Waals surface area contributed by atoms with Gasteiger partial charge in [0.05, 0.1) is 44.3 Å². The van der Waals surface area contributed by atoms with Crippen LogP contribution < -0.4 is 20.1 Å². The highest BCUT2D eigenvalue weighted by molar-refractivity contribution is 5.90. The van der Waals surface area contributed by atoms with Crippen LogP contribution in [0.1, 0.15) is 0 Å². The molecule has 192 valence electrons. The van der Waals surface area contributed by atoms with Crippen LogP contribution in [0.3, 0.4) is 0 Å². The number of piperazine rings is 1. The van der Waals surface area contributed by atoms with Gasteiger partial charge in [0, 0.05) is 44.9 Å². The number of benzene rings is 1. The maximum absolute atomic E-state index is 14.7. The zero-order valence-corrected chi connectivity index (χ0v) is 20.5. The molecule has 5 heterocycles. The third-order valence-electron chi connectivity index (χ3n) is 6.63. The Bertz CT molecular complexity index is 1560.